The zero-order valence-corrected chi connectivity index (χ0v) is 32.0. The van der Waals surface area contributed by atoms with E-state index in [9.17, 15) is 0 Å². The highest BCUT2D eigenvalue weighted by atomic mass is 16.7. The smallest absolute Gasteiger partial charge is 0.177 e. The van der Waals surface area contributed by atoms with Crippen molar-refractivity contribution in [2.75, 3.05) is 13.2 Å². The highest BCUT2D eigenvalue weighted by molar-refractivity contribution is 5.37. The van der Waals surface area contributed by atoms with Gasteiger partial charge in [0.2, 0.25) is 0 Å². The van der Waals surface area contributed by atoms with Crippen molar-refractivity contribution in [3.8, 4) is 0 Å². The Kier molecular flexibility index (Phi) is 26.5. The van der Waals surface area contributed by atoms with E-state index in [0.717, 1.165) is 26.1 Å². The lowest BCUT2D eigenvalue weighted by molar-refractivity contribution is -0.113. The maximum Gasteiger partial charge on any atom is 0.177 e. The van der Waals surface area contributed by atoms with Crippen LogP contribution >= 0.6 is 0 Å². The molecule has 0 unspecified atom stereocenters. The third kappa shape index (κ3) is 23.0. The normalized spacial score (nSPS) is 16.2. The van der Waals surface area contributed by atoms with E-state index in [1.165, 1.54) is 152 Å². The van der Waals surface area contributed by atoms with Crippen LogP contribution in [0.1, 0.15) is 196 Å². The van der Waals surface area contributed by atoms with Gasteiger partial charge in [-0.05, 0) is 69.9 Å². The van der Waals surface area contributed by atoms with Crippen molar-refractivity contribution in [2.45, 2.75) is 202 Å². The quantitative estimate of drug-likeness (QED) is 0.0461. The van der Waals surface area contributed by atoms with E-state index in [2.05, 4.69) is 84.9 Å². The minimum absolute atomic E-state index is 0.254. The van der Waals surface area contributed by atoms with E-state index in [1.807, 2.05) is 0 Å². The minimum Gasteiger partial charge on any atom is -0.349 e. The van der Waals surface area contributed by atoms with Crippen molar-refractivity contribution in [3.05, 3.63) is 58.7 Å². The molecule has 0 saturated carbocycles. The van der Waals surface area contributed by atoms with Crippen LogP contribution in [-0.4, -0.2) is 19.5 Å². The summed E-state index contributed by atoms with van der Waals surface area (Å²) in [6.07, 6.45) is 43.8. The number of unbranched alkanes of at least 4 members (excludes halogenated alkanes) is 18. The summed E-state index contributed by atoms with van der Waals surface area (Å²) in [5, 5.41) is 0. The second kappa shape index (κ2) is 28.6. The van der Waals surface area contributed by atoms with Crippen molar-refractivity contribution >= 4 is 0 Å². The Morgan fingerprint density at radius 1 is 0.652 bits per heavy atom. The number of rotatable bonds is 29. The topological polar surface area (TPSA) is 18.5 Å². The van der Waals surface area contributed by atoms with Gasteiger partial charge in [-0.3, -0.25) is 0 Å². The molecule has 266 valence electrons. The molecule has 1 aliphatic carbocycles. The summed E-state index contributed by atoms with van der Waals surface area (Å²) >= 11 is 0. The molecule has 46 heavy (non-hydrogen) atoms. The summed E-state index contributed by atoms with van der Waals surface area (Å²) in [5.41, 5.74) is 5.82. The lowest BCUT2D eigenvalue weighted by Gasteiger charge is -2.32. The third-order valence-corrected chi connectivity index (χ3v) is 9.73. The summed E-state index contributed by atoms with van der Waals surface area (Å²) in [6.45, 7) is 17.6. The fourth-order valence-corrected chi connectivity index (χ4v) is 6.62. The van der Waals surface area contributed by atoms with Gasteiger partial charge in [0.15, 0.2) is 6.29 Å². The SMILES string of the molecule is CCCCCCCCCCCCOC(C=C(C)C=CC=C(C)C=CC1=C(C)CCCC1(C)C)OCCCCCCCCCCCC. The summed E-state index contributed by atoms with van der Waals surface area (Å²) in [5.74, 6) is 0. The Hall–Kier alpha value is -1.38. The molecule has 1 rings (SSSR count). The van der Waals surface area contributed by atoms with Crippen LogP contribution in [-0.2, 0) is 9.47 Å². The minimum atomic E-state index is -0.254. The predicted molar refractivity (Wildman–Crippen MR) is 206 cm³/mol. The van der Waals surface area contributed by atoms with Crippen molar-refractivity contribution in [2.24, 2.45) is 5.41 Å². The highest BCUT2D eigenvalue weighted by Crippen LogP contribution is 2.40. The maximum absolute atomic E-state index is 6.28. The number of ether oxygens (including phenoxy) is 2. The first kappa shape index (κ1) is 42.6. The molecule has 0 saturated heterocycles. The molecule has 0 amide bonds. The molecule has 0 aliphatic heterocycles. The molecule has 0 heterocycles. The Bertz CT molecular complexity index is 858. The third-order valence-electron chi connectivity index (χ3n) is 9.73. The molecule has 2 heteroatoms. The first-order valence-electron chi connectivity index (χ1n) is 19.9. The summed E-state index contributed by atoms with van der Waals surface area (Å²) in [6, 6.07) is 0. The Morgan fingerprint density at radius 2 is 1.11 bits per heavy atom. The first-order valence-corrected chi connectivity index (χ1v) is 19.9. The van der Waals surface area contributed by atoms with Gasteiger partial charge >= 0.3 is 0 Å². The monoisotopic (exact) mass is 639 g/mol. The van der Waals surface area contributed by atoms with Crippen LogP contribution in [0.5, 0.6) is 0 Å². The molecular weight excluding hydrogens is 560 g/mol. The summed E-state index contributed by atoms with van der Waals surface area (Å²) in [7, 11) is 0. The van der Waals surface area contributed by atoms with Gasteiger partial charge in [-0.2, -0.15) is 0 Å². The molecule has 1 aliphatic rings. The number of allylic oxidation sites excluding steroid dienone is 9. The van der Waals surface area contributed by atoms with E-state index in [4.69, 9.17) is 9.47 Å². The maximum atomic E-state index is 6.28. The van der Waals surface area contributed by atoms with Crippen molar-refractivity contribution in [1.29, 1.82) is 0 Å². The molecule has 2 nitrogen and oxygen atoms in total. The van der Waals surface area contributed by atoms with Crippen molar-refractivity contribution < 1.29 is 9.47 Å². The van der Waals surface area contributed by atoms with Gasteiger partial charge in [0.25, 0.3) is 0 Å². The molecular formula is C44H78O2. The Morgan fingerprint density at radius 3 is 1.57 bits per heavy atom. The molecule has 0 fully saturated rings. The van der Waals surface area contributed by atoms with Crippen LogP contribution in [0, 0.1) is 5.41 Å². The van der Waals surface area contributed by atoms with Crippen molar-refractivity contribution in [3.63, 3.8) is 0 Å². The molecule has 0 bridgehead atoms. The lowest BCUT2D eigenvalue weighted by Crippen LogP contribution is -2.19. The molecule has 0 N–H and O–H groups in total. The lowest BCUT2D eigenvalue weighted by atomic mass is 9.72. The zero-order chi connectivity index (χ0) is 33.7. The van der Waals surface area contributed by atoms with Gasteiger partial charge in [-0.15, -0.1) is 0 Å². The number of hydrogen-bond acceptors (Lipinski definition) is 2. The molecule has 0 spiro atoms. The molecule has 0 aromatic carbocycles. The predicted octanol–water partition coefficient (Wildman–Crippen LogP) is 14.7. The second-order valence-electron chi connectivity index (χ2n) is 14.9. The van der Waals surface area contributed by atoms with E-state index in [-0.39, 0.29) is 11.7 Å². The number of hydrogen-bond donors (Lipinski definition) is 0. The summed E-state index contributed by atoms with van der Waals surface area (Å²) < 4.78 is 12.6. The van der Waals surface area contributed by atoms with Crippen LogP contribution < -0.4 is 0 Å². The molecule has 0 aromatic heterocycles. The van der Waals surface area contributed by atoms with Gasteiger partial charge in [-0.25, -0.2) is 0 Å². The van der Waals surface area contributed by atoms with E-state index < -0.39 is 0 Å². The van der Waals surface area contributed by atoms with Gasteiger partial charge < -0.3 is 9.47 Å². The molecule has 0 atom stereocenters. The average molecular weight is 639 g/mol. The van der Waals surface area contributed by atoms with Crippen molar-refractivity contribution in [1.82, 2.24) is 0 Å². The van der Waals surface area contributed by atoms with Gasteiger partial charge in [-0.1, -0.05) is 190 Å². The summed E-state index contributed by atoms with van der Waals surface area (Å²) in [4.78, 5) is 0. The molecule has 0 radical (unpaired) electrons. The zero-order valence-electron chi connectivity index (χ0n) is 32.0. The standard InChI is InChI=1S/C44H78O2/c1-8-10-12-14-16-18-20-22-24-26-36-45-43(46-37-27-25-23-21-19-17-15-13-11-9-2)38-40(4)31-28-30-39(3)33-34-42-41(5)32-29-35-44(42,6)7/h28,30-31,33-34,38,43H,8-27,29,32,35-37H2,1-7H3. The van der Waals surface area contributed by atoms with Crippen LogP contribution in [0.3, 0.4) is 0 Å². The first-order chi connectivity index (χ1) is 22.3. The van der Waals surface area contributed by atoms with Gasteiger partial charge in [0.1, 0.15) is 0 Å². The fraction of sp³-hybridized carbons (Fsp3) is 0.773. The average Bonchev–Trinajstić information content (AvgIpc) is 3.01. The van der Waals surface area contributed by atoms with E-state index in [0.29, 0.717) is 0 Å². The van der Waals surface area contributed by atoms with Gasteiger partial charge in [0, 0.05) is 0 Å². The van der Waals surface area contributed by atoms with E-state index in [1.54, 1.807) is 5.57 Å². The van der Waals surface area contributed by atoms with Crippen LogP contribution in [0.15, 0.2) is 58.7 Å². The largest absolute Gasteiger partial charge is 0.349 e. The Balaban J connectivity index is 2.53. The fourth-order valence-electron chi connectivity index (χ4n) is 6.62. The van der Waals surface area contributed by atoms with Crippen LogP contribution in [0.25, 0.3) is 0 Å². The van der Waals surface area contributed by atoms with Gasteiger partial charge in [0.05, 0.1) is 13.2 Å². The highest BCUT2D eigenvalue weighted by Gasteiger charge is 2.26. The van der Waals surface area contributed by atoms with Crippen LogP contribution in [0.2, 0.25) is 0 Å². The Labute approximate surface area is 288 Å². The van der Waals surface area contributed by atoms with Crippen LogP contribution in [0.4, 0.5) is 0 Å². The van der Waals surface area contributed by atoms with E-state index >= 15 is 0 Å². The second-order valence-corrected chi connectivity index (χ2v) is 14.9. The molecule has 0 aromatic rings.